The third-order valence-corrected chi connectivity index (χ3v) is 15.1. The second-order valence-corrected chi connectivity index (χ2v) is 22.0. The Morgan fingerprint density at radius 2 is 1.06 bits per heavy atom. The van der Waals surface area contributed by atoms with Crippen molar-refractivity contribution in [1.82, 2.24) is 9.55 Å². The van der Waals surface area contributed by atoms with Gasteiger partial charge in [-0.3, -0.25) is 4.57 Å². The summed E-state index contributed by atoms with van der Waals surface area (Å²) in [5, 5.41) is 2.24. The molecule has 0 fully saturated rings. The van der Waals surface area contributed by atoms with Crippen molar-refractivity contribution in [3.63, 3.8) is 0 Å². The minimum atomic E-state index is -0.628. The fourth-order valence-corrected chi connectivity index (χ4v) is 11.0. The normalized spacial score (nSPS) is 12.6. The molecule has 0 saturated heterocycles. The Kier molecular flexibility index (Phi) is 12.6. The van der Waals surface area contributed by atoms with Gasteiger partial charge in [0.25, 0.3) is 0 Å². The predicted molar refractivity (Wildman–Crippen MR) is 316 cm³/mol. The topological polar surface area (TPSA) is 33.5 Å². The van der Waals surface area contributed by atoms with Crippen LogP contribution in [0.3, 0.4) is 0 Å². The summed E-state index contributed by atoms with van der Waals surface area (Å²) in [6.07, 6.45) is 1.90. The first-order valence-electron chi connectivity index (χ1n) is 26.6. The molecule has 11 aromatic rings. The van der Waals surface area contributed by atoms with E-state index in [-0.39, 0.29) is 17.3 Å². The van der Waals surface area contributed by atoms with Crippen molar-refractivity contribution in [3.05, 3.63) is 241 Å². The first kappa shape index (κ1) is 49.1. The van der Waals surface area contributed by atoms with Gasteiger partial charge < -0.3 is 14.5 Å². The summed E-state index contributed by atoms with van der Waals surface area (Å²) in [5.41, 5.74) is 16.9. The summed E-state index contributed by atoms with van der Waals surface area (Å²) in [5.74, 6) is 1.51. The number of aromatic nitrogens is 2. The molecule has 0 amide bonds. The molecule has 380 valence electrons. The maximum atomic E-state index is 15.3. The summed E-state index contributed by atoms with van der Waals surface area (Å²) in [6, 6.07) is 69.9. The smallest absolute Gasteiger partial charge is 0.137 e. The Morgan fingerprint density at radius 3 is 1.74 bits per heavy atom. The third-order valence-electron chi connectivity index (χ3n) is 15.1. The number of hydrogen-bond donors (Lipinski definition) is 0. The predicted octanol–water partition coefficient (Wildman–Crippen LogP) is 19.7. The van der Waals surface area contributed by atoms with E-state index < -0.39 is 11.6 Å². The monoisotopic (exact) mass is 1010 g/mol. The van der Waals surface area contributed by atoms with Crippen molar-refractivity contribution >= 4 is 44.6 Å². The van der Waals surface area contributed by atoms with Crippen LogP contribution in [0, 0.1) is 11.6 Å². The summed E-state index contributed by atoms with van der Waals surface area (Å²) in [6.45, 7) is 15.9. The van der Waals surface area contributed by atoms with Crippen LogP contribution in [-0.2, 0) is 5.41 Å². The SMILES string of the molecule is CC(C)c1cc(-c2cccc(-c3cc(F)cc(F)c3)c2N2CN(c3cc(Oc4ccc5c6ccccc6n(-c6cc(C(C)(C)C)ccn6)c5c4)cc(-c4ccc(-c5ccccc5)cc4)c3)c3ccccc32)cc(C(C)C)c1. The van der Waals surface area contributed by atoms with Crippen LogP contribution < -0.4 is 14.5 Å². The van der Waals surface area contributed by atoms with Crippen LogP contribution in [-0.4, -0.2) is 16.2 Å². The van der Waals surface area contributed by atoms with Gasteiger partial charge in [-0.15, -0.1) is 0 Å². The maximum absolute atomic E-state index is 15.3. The molecular weight excluding hydrogens is 951 g/mol. The van der Waals surface area contributed by atoms with Crippen LogP contribution in [0.5, 0.6) is 11.5 Å². The van der Waals surface area contributed by atoms with Crippen molar-refractivity contribution in [2.24, 2.45) is 0 Å². The zero-order chi connectivity index (χ0) is 53.1. The maximum Gasteiger partial charge on any atom is 0.137 e. The van der Waals surface area contributed by atoms with Crippen LogP contribution in [0.25, 0.3) is 72.1 Å². The van der Waals surface area contributed by atoms with Gasteiger partial charge in [-0.2, -0.15) is 0 Å². The van der Waals surface area contributed by atoms with Crippen LogP contribution in [0.1, 0.15) is 77.0 Å². The van der Waals surface area contributed by atoms with E-state index in [4.69, 9.17) is 9.72 Å². The zero-order valence-electron chi connectivity index (χ0n) is 44.5. The quantitative estimate of drug-likeness (QED) is 0.129. The van der Waals surface area contributed by atoms with E-state index in [9.17, 15) is 0 Å². The standard InChI is InChI=1S/C70H60F2N4O/c1-44(2)49-32-50(45(3)4)34-52(33-49)60-19-15-20-61(53-35-55(71)40-56(72)36-53)69(60)75-43-74(65-22-13-14-23-66(65)75)57-37-51(48-26-24-47(25-27-48)46-16-9-8-10-17-46)38-59(41-57)77-58-28-29-63-62-18-11-12-21-64(62)76(67(63)42-58)68-39-54(30-31-73-68)70(5,6)7/h8-42,44-45H,43H2,1-7H3. The Morgan fingerprint density at radius 1 is 0.468 bits per heavy atom. The van der Waals surface area contributed by atoms with Crippen LogP contribution in [0.4, 0.5) is 31.5 Å². The average molecular weight is 1010 g/mol. The van der Waals surface area contributed by atoms with Crippen molar-refractivity contribution in [1.29, 1.82) is 0 Å². The lowest BCUT2D eigenvalue weighted by atomic mass is 9.88. The van der Waals surface area contributed by atoms with E-state index in [1.807, 2.05) is 24.4 Å². The van der Waals surface area contributed by atoms with Gasteiger partial charge in [0.1, 0.15) is 35.6 Å². The second kappa shape index (κ2) is 19.7. The molecule has 3 heterocycles. The fourth-order valence-electron chi connectivity index (χ4n) is 11.0. The molecule has 0 spiro atoms. The molecule has 7 heteroatoms. The molecule has 5 nitrogen and oxygen atoms in total. The Hall–Kier alpha value is -8.81. The van der Waals surface area contributed by atoms with Gasteiger partial charge in [-0.25, -0.2) is 13.8 Å². The number of rotatable bonds is 11. The van der Waals surface area contributed by atoms with Crippen LogP contribution in [0.2, 0.25) is 0 Å². The largest absolute Gasteiger partial charge is 0.457 e. The van der Waals surface area contributed by atoms with E-state index in [0.717, 1.165) is 95.4 Å². The summed E-state index contributed by atoms with van der Waals surface area (Å²) in [4.78, 5) is 9.55. The van der Waals surface area contributed by atoms with Crippen molar-refractivity contribution < 1.29 is 13.5 Å². The zero-order valence-corrected chi connectivity index (χ0v) is 44.5. The molecule has 0 unspecified atom stereocenters. The second-order valence-electron chi connectivity index (χ2n) is 22.0. The molecule has 1 aliphatic rings. The number of pyridine rings is 1. The van der Waals surface area contributed by atoms with Gasteiger partial charge in [-0.05, 0) is 134 Å². The van der Waals surface area contributed by atoms with E-state index in [1.165, 1.54) is 28.8 Å². The molecule has 0 aliphatic carbocycles. The average Bonchev–Trinajstić information content (AvgIpc) is 3.98. The molecule has 1 aliphatic heterocycles. The van der Waals surface area contributed by atoms with Gasteiger partial charge in [0, 0.05) is 52.0 Å². The number of para-hydroxylation sites is 4. The first-order chi connectivity index (χ1) is 37.2. The number of nitrogens with zero attached hydrogens (tertiary/aromatic N) is 4. The highest BCUT2D eigenvalue weighted by molar-refractivity contribution is 6.09. The van der Waals surface area contributed by atoms with Gasteiger partial charge in [0.05, 0.1) is 28.1 Å². The summed E-state index contributed by atoms with van der Waals surface area (Å²) in [7, 11) is 0. The van der Waals surface area contributed by atoms with E-state index >= 15 is 8.78 Å². The number of hydrogen-bond acceptors (Lipinski definition) is 4. The fraction of sp³-hybridized carbons (Fsp3) is 0.157. The lowest BCUT2D eigenvalue weighted by molar-refractivity contribution is 0.483. The number of halogens is 2. The van der Waals surface area contributed by atoms with Crippen LogP contribution >= 0.6 is 0 Å². The number of anilines is 4. The minimum absolute atomic E-state index is 0.0640. The van der Waals surface area contributed by atoms with E-state index in [0.29, 0.717) is 23.7 Å². The summed E-state index contributed by atoms with van der Waals surface area (Å²) >= 11 is 0. The molecule has 0 bridgehead atoms. The third kappa shape index (κ3) is 9.41. The minimum Gasteiger partial charge on any atom is -0.457 e. The molecular formula is C70H60F2N4O. The molecule has 2 aromatic heterocycles. The molecule has 0 N–H and O–H groups in total. The van der Waals surface area contributed by atoms with Gasteiger partial charge >= 0.3 is 0 Å². The van der Waals surface area contributed by atoms with Crippen molar-refractivity contribution in [2.45, 2.75) is 65.7 Å². The molecule has 0 saturated carbocycles. The van der Waals surface area contributed by atoms with Gasteiger partial charge in [-0.1, -0.05) is 170 Å². The van der Waals surface area contributed by atoms with Gasteiger partial charge in [0.15, 0.2) is 0 Å². The summed E-state index contributed by atoms with van der Waals surface area (Å²) < 4.78 is 40.0. The Labute approximate surface area is 450 Å². The van der Waals surface area contributed by atoms with Crippen molar-refractivity contribution in [2.75, 3.05) is 16.5 Å². The van der Waals surface area contributed by atoms with E-state index in [1.54, 1.807) is 0 Å². The van der Waals surface area contributed by atoms with Crippen LogP contribution in [0.15, 0.2) is 212 Å². The number of fused-ring (bicyclic) bond motifs is 4. The number of ether oxygens (including phenoxy) is 1. The van der Waals surface area contributed by atoms with Gasteiger partial charge in [0.2, 0.25) is 0 Å². The molecule has 9 aromatic carbocycles. The van der Waals surface area contributed by atoms with E-state index in [2.05, 4.69) is 233 Å². The highest BCUT2D eigenvalue weighted by Crippen LogP contribution is 2.52. The van der Waals surface area contributed by atoms with Crippen molar-refractivity contribution in [3.8, 4) is 61.8 Å². The lowest BCUT2D eigenvalue weighted by Gasteiger charge is -2.28. The molecule has 0 atom stereocenters. The first-order valence-corrected chi connectivity index (χ1v) is 26.6. The lowest BCUT2D eigenvalue weighted by Crippen LogP contribution is -2.25. The number of benzene rings is 9. The molecule has 0 radical (unpaired) electrons. The Balaban J connectivity index is 1.02. The highest BCUT2D eigenvalue weighted by atomic mass is 19.1. The molecule has 77 heavy (non-hydrogen) atoms. The molecule has 12 rings (SSSR count). The highest BCUT2D eigenvalue weighted by Gasteiger charge is 2.32. The Bertz CT molecular complexity index is 3970.